The molecule has 20 heavy (non-hydrogen) atoms. The molecule has 1 heterocycles. The second-order valence-electron chi connectivity index (χ2n) is 4.21. The number of hydrogen-bond acceptors (Lipinski definition) is 3. The summed E-state index contributed by atoms with van der Waals surface area (Å²) in [5.41, 5.74) is 0.170. The van der Waals surface area contributed by atoms with Crippen molar-refractivity contribution in [3.8, 4) is 5.75 Å². The van der Waals surface area contributed by atoms with E-state index in [2.05, 4.69) is 5.32 Å². The molecule has 0 atom stereocenters. The molecule has 6 heteroatoms. The number of benzene rings is 1. The van der Waals surface area contributed by atoms with Gasteiger partial charge in [0.2, 0.25) is 0 Å². The number of rotatable bonds is 5. The standard InChI is InChI=1S/C14H14F3NO2/c1-18-8-13-10(6-7-19-13)9-20-12-4-2-11(3-5-12)14(15,16)17/h2-7,18H,8-9H2,1H3. The Morgan fingerprint density at radius 1 is 1.15 bits per heavy atom. The van der Waals surface area contributed by atoms with Crippen LogP contribution in [0.4, 0.5) is 13.2 Å². The van der Waals surface area contributed by atoms with Gasteiger partial charge in [-0.2, -0.15) is 13.2 Å². The van der Waals surface area contributed by atoms with E-state index in [4.69, 9.17) is 9.15 Å². The van der Waals surface area contributed by atoms with E-state index in [0.29, 0.717) is 12.3 Å². The van der Waals surface area contributed by atoms with Crippen molar-refractivity contribution in [1.29, 1.82) is 0 Å². The number of furan rings is 1. The average molecular weight is 285 g/mol. The predicted octanol–water partition coefficient (Wildman–Crippen LogP) is 3.60. The topological polar surface area (TPSA) is 34.4 Å². The van der Waals surface area contributed by atoms with E-state index in [1.165, 1.54) is 12.1 Å². The Labute approximate surface area is 114 Å². The SMILES string of the molecule is CNCc1occc1COc1ccc(C(F)(F)F)cc1. The quantitative estimate of drug-likeness (QED) is 0.911. The molecule has 0 spiro atoms. The van der Waals surface area contributed by atoms with Gasteiger partial charge >= 0.3 is 6.18 Å². The highest BCUT2D eigenvalue weighted by Gasteiger charge is 2.30. The van der Waals surface area contributed by atoms with Crippen molar-refractivity contribution in [2.75, 3.05) is 7.05 Å². The van der Waals surface area contributed by atoms with E-state index in [9.17, 15) is 13.2 Å². The van der Waals surface area contributed by atoms with Gasteiger partial charge in [0.25, 0.3) is 0 Å². The lowest BCUT2D eigenvalue weighted by Crippen LogP contribution is -2.07. The molecule has 108 valence electrons. The van der Waals surface area contributed by atoms with Crippen LogP contribution >= 0.6 is 0 Å². The maximum absolute atomic E-state index is 12.4. The van der Waals surface area contributed by atoms with Crippen molar-refractivity contribution in [2.45, 2.75) is 19.3 Å². The third-order valence-electron chi connectivity index (χ3n) is 2.75. The Kier molecular flexibility index (Phi) is 4.34. The van der Waals surface area contributed by atoms with Crippen molar-refractivity contribution in [2.24, 2.45) is 0 Å². The zero-order valence-corrected chi connectivity index (χ0v) is 10.8. The molecule has 2 aromatic rings. The van der Waals surface area contributed by atoms with Crippen molar-refractivity contribution in [3.63, 3.8) is 0 Å². The summed E-state index contributed by atoms with van der Waals surface area (Å²) in [5.74, 6) is 1.13. The largest absolute Gasteiger partial charge is 0.489 e. The first-order valence-electron chi connectivity index (χ1n) is 6.00. The molecule has 1 aromatic heterocycles. The molecule has 0 bridgehead atoms. The van der Waals surface area contributed by atoms with Gasteiger partial charge in [-0.05, 0) is 37.4 Å². The minimum Gasteiger partial charge on any atom is -0.489 e. The lowest BCUT2D eigenvalue weighted by Gasteiger charge is -2.09. The number of hydrogen-bond donors (Lipinski definition) is 1. The first-order chi connectivity index (χ1) is 9.50. The Bertz CT molecular complexity index is 546. The van der Waals surface area contributed by atoms with E-state index in [0.717, 1.165) is 23.5 Å². The Hall–Kier alpha value is -1.95. The molecule has 0 aliphatic rings. The van der Waals surface area contributed by atoms with Crippen molar-refractivity contribution < 1.29 is 22.3 Å². The zero-order chi connectivity index (χ0) is 14.6. The van der Waals surface area contributed by atoms with Crippen LogP contribution in [0.5, 0.6) is 5.75 Å². The summed E-state index contributed by atoms with van der Waals surface area (Å²) in [7, 11) is 1.79. The van der Waals surface area contributed by atoms with Crippen molar-refractivity contribution >= 4 is 0 Å². The summed E-state index contributed by atoms with van der Waals surface area (Å²) >= 11 is 0. The fraction of sp³-hybridized carbons (Fsp3) is 0.286. The molecule has 3 nitrogen and oxygen atoms in total. The minimum absolute atomic E-state index is 0.249. The molecular weight excluding hydrogens is 271 g/mol. The van der Waals surface area contributed by atoms with Crippen LogP contribution in [0.1, 0.15) is 16.9 Å². The Morgan fingerprint density at radius 3 is 2.45 bits per heavy atom. The van der Waals surface area contributed by atoms with Gasteiger partial charge in [0, 0.05) is 5.56 Å². The highest BCUT2D eigenvalue weighted by molar-refractivity contribution is 5.29. The van der Waals surface area contributed by atoms with Gasteiger partial charge in [0.15, 0.2) is 0 Å². The van der Waals surface area contributed by atoms with E-state index >= 15 is 0 Å². The van der Waals surface area contributed by atoms with E-state index in [-0.39, 0.29) is 6.61 Å². The van der Waals surface area contributed by atoms with Crippen molar-refractivity contribution in [3.05, 3.63) is 53.5 Å². The lowest BCUT2D eigenvalue weighted by molar-refractivity contribution is -0.137. The van der Waals surface area contributed by atoms with E-state index < -0.39 is 11.7 Å². The van der Waals surface area contributed by atoms with Gasteiger partial charge < -0.3 is 14.5 Å². The molecule has 0 amide bonds. The smallest absolute Gasteiger partial charge is 0.416 e. The predicted molar refractivity (Wildman–Crippen MR) is 67.2 cm³/mol. The molecule has 0 aliphatic heterocycles. The normalized spacial score (nSPS) is 11.6. The molecule has 1 N–H and O–H groups in total. The second kappa shape index (κ2) is 6.00. The van der Waals surface area contributed by atoms with Crippen molar-refractivity contribution in [1.82, 2.24) is 5.32 Å². The van der Waals surface area contributed by atoms with Gasteiger partial charge in [0.05, 0.1) is 18.4 Å². The maximum Gasteiger partial charge on any atom is 0.416 e. The van der Waals surface area contributed by atoms with E-state index in [1.54, 1.807) is 19.4 Å². The number of nitrogens with one attached hydrogen (secondary N) is 1. The van der Waals surface area contributed by atoms with E-state index in [1.807, 2.05) is 0 Å². The summed E-state index contributed by atoms with van der Waals surface area (Å²) in [6, 6.07) is 6.39. The van der Waals surface area contributed by atoms with Gasteiger partial charge in [-0.3, -0.25) is 0 Å². The number of ether oxygens (including phenoxy) is 1. The fourth-order valence-corrected chi connectivity index (χ4v) is 1.71. The van der Waals surface area contributed by atoms with Crippen LogP contribution in [0.2, 0.25) is 0 Å². The molecule has 1 aromatic carbocycles. The molecular formula is C14H14F3NO2. The second-order valence-corrected chi connectivity index (χ2v) is 4.21. The van der Waals surface area contributed by atoms with Crippen LogP contribution in [0, 0.1) is 0 Å². The van der Waals surface area contributed by atoms with Gasteiger partial charge in [-0.1, -0.05) is 0 Å². The Morgan fingerprint density at radius 2 is 1.85 bits per heavy atom. The molecule has 2 rings (SSSR count). The third kappa shape index (κ3) is 3.54. The van der Waals surface area contributed by atoms with Crippen LogP contribution in [0.25, 0.3) is 0 Å². The fourth-order valence-electron chi connectivity index (χ4n) is 1.71. The molecule has 0 fully saturated rings. The summed E-state index contributed by atoms with van der Waals surface area (Å²) in [6.07, 6.45) is -2.78. The van der Waals surface area contributed by atoms with Crippen LogP contribution in [0.15, 0.2) is 41.0 Å². The monoisotopic (exact) mass is 285 g/mol. The third-order valence-corrected chi connectivity index (χ3v) is 2.75. The van der Waals surface area contributed by atoms with Crippen LogP contribution < -0.4 is 10.1 Å². The highest BCUT2D eigenvalue weighted by atomic mass is 19.4. The molecule has 0 saturated heterocycles. The Balaban J connectivity index is 1.99. The van der Waals surface area contributed by atoms with Gasteiger partial charge in [-0.25, -0.2) is 0 Å². The minimum atomic E-state index is -4.33. The lowest BCUT2D eigenvalue weighted by atomic mass is 10.2. The summed E-state index contributed by atoms with van der Waals surface area (Å²) in [4.78, 5) is 0. The van der Waals surface area contributed by atoms with Crippen LogP contribution in [-0.2, 0) is 19.3 Å². The first kappa shape index (κ1) is 14.5. The van der Waals surface area contributed by atoms with Crippen LogP contribution in [0.3, 0.4) is 0 Å². The molecule has 0 aliphatic carbocycles. The number of halogens is 3. The zero-order valence-electron chi connectivity index (χ0n) is 10.8. The summed E-state index contributed by atoms with van der Waals surface area (Å²) < 4.78 is 47.9. The van der Waals surface area contributed by atoms with Gasteiger partial charge in [0.1, 0.15) is 18.1 Å². The van der Waals surface area contributed by atoms with Gasteiger partial charge in [-0.15, -0.1) is 0 Å². The molecule has 0 radical (unpaired) electrons. The average Bonchev–Trinajstić information content (AvgIpc) is 2.84. The molecule has 0 saturated carbocycles. The molecule has 0 unspecified atom stereocenters. The first-order valence-corrected chi connectivity index (χ1v) is 6.00. The number of alkyl halides is 3. The van der Waals surface area contributed by atoms with Crippen LogP contribution in [-0.4, -0.2) is 7.05 Å². The highest BCUT2D eigenvalue weighted by Crippen LogP contribution is 2.30. The summed E-state index contributed by atoms with van der Waals surface area (Å²) in [5, 5.41) is 2.96. The summed E-state index contributed by atoms with van der Waals surface area (Å²) in [6.45, 7) is 0.817. The maximum atomic E-state index is 12.4.